The molecule has 104 valence electrons. The molecule has 4 heteroatoms. The van der Waals surface area contributed by atoms with Gasteiger partial charge in [0.15, 0.2) is 0 Å². The van der Waals surface area contributed by atoms with Gasteiger partial charge in [0.2, 0.25) is 0 Å². The summed E-state index contributed by atoms with van der Waals surface area (Å²) >= 11 is 0. The van der Waals surface area contributed by atoms with E-state index >= 15 is 0 Å². The molecule has 0 bridgehead atoms. The van der Waals surface area contributed by atoms with Gasteiger partial charge in [-0.05, 0) is 30.9 Å². The van der Waals surface area contributed by atoms with Gasteiger partial charge in [0.05, 0.1) is 19.3 Å². The molecular formula is C15H20O4. The molecular weight excluding hydrogens is 244 g/mol. The third kappa shape index (κ3) is 3.88. The van der Waals surface area contributed by atoms with E-state index in [9.17, 15) is 9.90 Å². The molecule has 1 aliphatic carbocycles. The molecule has 1 N–H and O–H groups in total. The molecule has 0 atom stereocenters. The average molecular weight is 264 g/mol. The van der Waals surface area contributed by atoms with Crippen LogP contribution in [0.1, 0.15) is 42.5 Å². The number of rotatable bonds is 4. The van der Waals surface area contributed by atoms with Gasteiger partial charge in [0.1, 0.15) is 11.5 Å². The molecule has 0 aliphatic heterocycles. The Hall–Kier alpha value is -1.71. The van der Waals surface area contributed by atoms with E-state index in [1.165, 1.54) is 51.3 Å². The quantitative estimate of drug-likeness (QED) is 0.849. The lowest BCUT2D eigenvalue weighted by Crippen LogP contribution is -2.15. The lowest BCUT2D eigenvalue weighted by molar-refractivity contribution is 0.0599. The van der Waals surface area contributed by atoms with Crippen LogP contribution in [0.25, 0.3) is 0 Å². The molecule has 1 fully saturated rings. The fourth-order valence-electron chi connectivity index (χ4n) is 2.47. The minimum atomic E-state index is -0.474. The summed E-state index contributed by atoms with van der Waals surface area (Å²) in [5.41, 5.74) is 0.307. The SMILES string of the molecule is COC(=O)c1cc(O)cc(OCC2CCCCC2)c1. The third-order valence-corrected chi connectivity index (χ3v) is 3.52. The van der Waals surface area contributed by atoms with Gasteiger partial charge in [-0.3, -0.25) is 0 Å². The molecule has 0 radical (unpaired) electrons. The normalized spacial score (nSPS) is 16.1. The van der Waals surface area contributed by atoms with Crippen LogP contribution in [0.5, 0.6) is 11.5 Å². The first-order chi connectivity index (χ1) is 9.19. The highest BCUT2D eigenvalue weighted by molar-refractivity contribution is 5.90. The fraction of sp³-hybridized carbons (Fsp3) is 0.533. The van der Waals surface area contributed by atoms with E-state index in [0.717, 1.165) is 0 Å². The summed E-state index contributed by atoms with van der Waals surface area (Å²) in [5, 5.41) is 9.59. The van der Waals surface area contributed by atoms with Crippen molar-refractivity contribution in [1.82, 2.24) is 0 Å². The number of phenolic OH excluding ortho intramolecular Hbond substituents is 1. The molecule has 0 saturated heterocycles. The van der Waals surface area contributed by atoms with Gasteiger partial charge < -0.3 is 14.6 Å². The molecule has 1 aromatic carbocycles. The van der Waals surface area contributed by atoms with Crippen molar-refractivity contribution in [3.8, 4) is 11.5 Å². The number of carbonyl (C=O) groups excluding carboxylic acids is 1. The maximum Gasteiger partial charge on any atom is 0.338 e. The monoisotopic (exact) mass is 264 g/mol. The number of benzene rings is 1. The van der Waals surface area contributed by atoms with Crippen molar-refractivity contribution < 1.29 is 19.4 Å². The van der Waals surface area contributed by atoms with Crippen molar-refractivity contribution in [3.63, 3.8) is 0 Å². The highest BCUT2D eigenvalue weighted by Gasteiger charge is 2.15. The van der Waals surface area contributed by atoms with E-state index in [1.54, 1.807) is 6.07 Å². The Labute approximate surface area is 113 Å². The van der Waals surface area contributed by atoms with Crippen LogP contribution < -0.4 is 4.74 Å². The predicted octanol–water partition coefficient (Wildman–Crippen LogP) is 3.14. The molecule has 1 saturated carbocycles. The number of methoxy groups -OCH3 is 1. The van der Waals surface area contributed by atoms with Crippen molar-refractivity contribution in [2.75, 3.05) is 13.7 Å². The smallest absolute Gasteiger partial charge is 0.338 e. The number of esters is 1. The van der Waals surface area contributed by atoms with Gasteiger partial charge in [0.25, 0.3) is 0 Å². The minimum absolute atomic E-state index is 0.0153. The first-order valence-corrected chi connectivity index (χ1v) is 6.74. The van der Waals surface area contributed by atoms with Crippen molar-refractivity contribution >= 4 is 5.97 Å². The molecule has 2 rings (SSSR count). The zero-order valence-corrected chi connectivity index (χ0v) is 11.2. The van der Waals surface area contributed by atoms with Crippen LogP contribution in [-0.4, -0.2) is 24.8 Å². The summed E-state index contributed by atoms with van der Waals surface area (Å²) in [7, 11) is 1.31. The van der Waals surface area contributed by atoms with E-state index in [4.69, 9.17) is 4.74 Å². The van der Waals surface area contributed by atoms with Crippen molar-refractivity contribution in [1.29, 1.82) is 0 Å². The molecule has 1 aliphatic rings. The van der Waals surface area contributed by atoms with Crippen LogP contribution in [0, 0.1) is 5.92 Å². The molecule has 19 heavy (non-hydrogen) atoms. The van der Waals surface area contributed by atoms with Gasteiger partial charge in [-0.25, -0.2) is 4.79 Å². The summed E-state index contributed by atoms with van der Waals surface area (Å²) in [4.78, 5) is 11.4. The van der Waals surface area contributed by atoms with E-state index in [0.29, 0.717) is 23.8 Å². The maximum atomic E-state index is 11.4. The largest absolute Gasteiger partial charge is 0.508 e. The minimum Gasteiger partial charge on any atom is -0.508 e. The second kappa shape index (κ2) is 6.45. The maximum absolute atomic E-state index is 11.4. The molecule has 1 aromatic rings. The van der Waals surface area contributed by atoms with Gasteiger partial charge in [-0.15, -0.1) is 0 Å². The topological polar surface area (TPSA) is 55.8 Å². The summed E-state index contributed by atoms with van der Waals surface area (Å²) in [6.45, 7) is 0.643. The molecule has 0 amide bonds. The van der Waals surface area contributed by atoms with Crippen molar-refractivity contribution in [2.24, 2.45) is 5.92 Å². The number of aromatic hydroxyl groups is 1. The molecule has 0 unspecified atom stereocenters. The number of phenols is 1. The van der Waals surface area contributed by atoms with Gasteiger partial charge in [0, 0.05) is 6.07 Å². The Bertz CT molecular complexity index is 436. The van der Waals surface area contributed by atoms with E-state index in [-0.39, 0.29) is 5.75 Å². The van der Waals surface area contributed by atoms with Crippen LogP contribution >= 0.6 is 0 Å². The molecule has 0 heterocycles. The first kappa shape index (κ1) is 13.7. The molecule has 0 aromatic heterocycles. The van der Waals surface area contributed by atoms with Crippen molar-refractivity contribution in [2.45, 2.75) is 32.1 Å². The Morgan fingerprint density at radius 1 is 1.26 bits per heavy atom. The third-order valence-electron chi connectivity index (χ3n) is 3.52. The molecule has 0 spiro atoms. The Morgan fingerprint density at radius 2 is 2.00 bits per heavy atom. The Balaban J connectivity index is 1.99. The summed E-state index contributed by atoms with van der Waals surface area (Å²) < 4.78 is 10.3. The number of hydrogen-bond acceptors (Lipinski definition) is 4. The summed E-state index contributed by atoms with van der Waals surface area (Å²) in [5.74, 6) is 0.642. The molecule has 4 nitrogen and oxygen atoms in total. The number of carbonyl (C=O) groups is 1. The highest BCUT2D eigenvalue weighted by atomic mass is 16.5. The summed E-state index contributed by atoms with van der Waals surface area (Å²) in [6, 6.07) is 4.50. The van der Waals surface area contributed by atoms with E-state index in [2.05, 4.69) is 4.74 Å². The van der Waals surface area contributed by atoms with Gasteiger partial charge in [-0.2, -0.15) is 0 Å². The second-order valence-corrected chi connectivity index (χ2v) is 5.02. The fourth-order valence-corrected chi connectivity index (χ4v) is 2.47. The average Bonchev–Trinajstić information content (AvgIpc) is 2.45. The first-order valence-electron chi connectivity index (χ1n) is 6.74. The highest BCUT2D eigenvalue weighted by Crippen LogP contribution is 2.26. The number of ether oxygens (including phenoxy) is 2. The summed E-state index contributed by atoms with van der Waals surface area (Å²) in [6.07, 6.45) is 6.24. The van der Waals surface area contributed by atoms with Gasteiger partial charge >= 0.3 is 5.97 Å². The van der Waals surface area contributed by atoms with Crippen molar-refractivity contribution in [3.05, 3.63) is 23.8 Å². The number of hydrogen-bond donors (Lipinski definition) is 1. The zero-order valence-electron chi connectivity index (χ0n) is 11.2. The predicted molar refractivity (Wildman–Crippen MR) is 71.5 cm³/mol. The van der Waals surface area contributed by atoms with Crippen LogP contribution in [0.15, 0.2) is 18.2 Å². The van der Waals surface area contributed by atoms with E-state index < -0.39 is 5.97 Å². The van der Waals surface area contributed by atoms with Crippen LogP contribution in [0.3, 0.4) is 0 Å². The van der Waals surface area contributed by atoms with Gasteiger partial charge in [-0.1, -0.05) is 19.3 Å². The van der Waals surface area contributed by atoms with Crippen LogP contribution in [-0.2, 0) is 4.74 Å². The Morgan fingerprint density at radius 3 is 2.68 bits per heavy atom. The van der Waals surface area contributed by atoms with E-state index in [1.807, 2.05) is 0 Å². The lowest BCUT2D eigenvalue weighted by Gasteiger charge is -2.21. The zero-order chi connectivity index (χ0) is 13.7. The van der Waals surface area contributed by atoms with Crippen LogP contribution in [0.4, 0.5) is 0 Å². The standard InChI is InChI=1S/C15H20O4/c1-18-15(17)12-7-13(16)9-14(8-12)19-10-11-5-3-2-4-6-11/h7-9,11,16H,2-6,10H2,1H3. The second-order valence-electron chi connectivity index (χ2n) is 5.02. The Kier molecular flexibility index (Phi) is 4.66. The lowest BCUT2D eigenvalue weighted by atomic mass is 9.90. The van der Waals surface area contributed by atoms with Crippen LogP contribution in [0.2, 0.25) is 0 Å².